The van der Waals surface area contributed by atoms with Crippen LogP contribution in [0.2, 0.25) is 0 Å². The summed E-state index contributed by atoms with van der Waals surface area (Å²) in [6.07, 6.45) is 1.00. The summed E-state index contributed by atoms with van der Waals surface area (Å²) in [5.41, 5.74) is 1.74. The molecule has 0 saturated heterocycles. The number of hydrogen-bond donors (Lipinski definition) is 1. The molecular formula is C13H20O3S. The second-order valence-electron chi connectivity index (χ2n) is 4.88. The summed E-state index contributed by atoms with van der Waals surface area (Å²) < 4.78 is 22.1. The van der Waals surface area contributed by atoms with Gasteiger partial charge in [-0.15, -0.1) is 0 Å². The molecule has 0 spiro atoms. The van der Waals surface area contributed by atoms with Gasteiger partial charge in [-0.25, -0.2) is 8.42 Å². The van der Waals surface area contributed by atoms with Crippen LogP contribution >= 0.6 is 0 Å². The normalized spacial score (nSPS) is 14.6. The fraction of sp³-hybridized carbons (Fsp3) is 0.538. The molecule has 4 heteroatoms. The number of benzene rings is 1. The molecule has 1 aromatic carbocycles. The highest BCUT2D eigenvalue weighted by molar-refractivity contribution is 7.92. The van der Waals surface area contributed by atoms with Crippen molar-refractivity contribution in [1.29, 1.82) is 0 Å². The third-order valence-corrected chi connectivity index (χ3v) is 5.42. The minimum absolute atomic E-state index is 0.653. The summed E-state index contributed by atoms with van der Waals surface area (Å²) in [5.74, 6) is 0. The predicted molar refractivity (Wildman–Crippen MR) is 69.7 cm³/mol. The molecule has 0 radical (unpaired) electrons. The van der Waals surface area contributed by atoms with Crippen molar-refractivity contribution in [2.75, 3.05) is 6.26 Å². The van der Waals surface area contributed by atoms with Crippen molar-refractivity contribution in [1.82, 2.24) is 0 Å². The summed E-state index contributed by atoms with van der Waals surface area (Å²) in [7, 11) is -3.32. The first-order chi connectivity index (χ1) is 7.70. The zero-order chi connectivity index (χ0) is 13.3. The summed E-state index contributed by atoms with van der Waals surface area (Å²) in [6.45, 7) is 5.12. The van der Waals surface area contributed by atoms with Crippen LogP contribution in [-0.4, -0.2) is 24.5 Å². The fourth-order valence-corrected chi connectivity index (χ4v) is 2.13. The van der Waals surface area contributed by atoms with E-state index in [4.69, 9.17) is 0 Å². The van der Waals surface area contributed by atoms with Crippen molar-refractivity contribution in [2.24, 2.45) is 0 Å². The molecule has 1 aromatic rings. The molecule has 0 heterocycles. The van der Waals surface area contributed by atoms with E-state index in [9.17, 15) is 13.5 Å². The van der Waals surface area contributed by atoms with Crippen LogP contribution < -0.4 is 0 Å². The van der Waals surface area contributed by atoms with Gasteiger partial charge in [0.2, 0.25) is 0 Å². The van der Waals surface area contributed by atoms with E-state index in [1.165, 1.54) is 0 Å². The van der Waals surface area contributed by atoms with Gasteiger partial charge in [-0.05, 0) is 31.4 Å². The maximum absolute atomic E-state index is 11.7. The van der Waals surface area contributed by atoms with Crippen LogP contribution in [0.5, 0.6) is 0 Å². The molecule has 0 bridgehead atoms. The minimum atomic E-state index is -3.32. The van der Waals surface area contributed by atoms with Crippen LogP contribution in [0.4, 0.5) is 0 Å². The molecule has 96 valence electrons. The van der Waals surface area contributed by atoms with E-state index in [1.807, 2.05) is 25.1 Å². The molecule has 1 N–H and O–H groups in total. The fourth-order valence-electron chi connectivity index (χ4n) is 1.59. The van der Waals surface area contributed by atoms with Gasteiger partial charge in [0.15, 0.2) is 9.84 Å². The van der Waals surface area contributed by atoms with Gasteiger partial charge in [-0.1, -0.05) is 31.2 Å². The van der Waals surface area contributed by atoms with Crippen LogP contribution in [0.3, 0.4) is 0 Å². The summed E-state index contributed by atoms with van der Waals surface area (Å²) in [6, 6.07) is 7.42. The van der Waals surface area contributed by atoms with Crippen molar-refractivity contribution >= 4 is 9.84 Å². The molecule has 0 saturated carbocycles. The molecule has 0 aliphatic carbocycles. The Morgan fingerprint density at radius 1 is 1.35 bits per heavy atom. The molecule has 0 aliphatic heterocycles. The Balaban J connectivity index is 3.16. The Hall–Kier alpha value is -0.870. The highest BCUT2D eigenvalue weighted by Gasteiger charge is 2.38. The van der Waals surface area contributed by atoms with E-state index >= 15 is 0 Å². The van der Waals surface area contributed by atoms with Crippen LogP contribution in [0.1, 0.15) is 38.0 Å². The predicted octanol–water partition coefficient (Wildman–Crippen LogP) is 2.11. The van der Waals surface area contributed by atoms with Gasteiger partial charge >= 0.3 is 0 Å². The zero-order valence-electron chi connectivity index (χ0n) is 10.8. The van der Waals surface area contributed by atoms with Crippen LogP contribution in [0.15, 0.2) is 24.3 Å². The van der Waals surface area contributed by atoms with E-state index in [2.05, 4.69) is 0 Å². The third kappa shape index (κ3) is 2.87. The monoisotopic (exact) mass is 256 g/mol. The Morgan fingerprint density at radius 3 is 2.41 bits per heavy atom. The summed E-state index contributed by atoms with van der Waals surface area (Å²) in [5, 5.41) is 10.2. The van der Waals surface area contributed by atoms with Crippen LogP contribution in [-0.2, 0) is 16.3 Å². The van der Waals surface area contributed by atoms with Gasteiger partial charge in [0.05, 0.1) is 10.9 Å². The van der Waals surface area contributed by atoms with Crippen LogP contribution in [0.25, 0.3) is 0 Å². The number of aliphatic hydroxyl groups is 1. The van der Waals surface area contributed by atoms with Gasteiger partial charge < -0.3 is 5.11 Å². The number of aliphatic hydroxyl groups excluding tert-OH is 1. The van der Waals surface area contributed by atoms with Crippen molar-refractivity contribution in [3.05, 3.63) is 35.4 Å². The third-order valence-electron chi connectivity index (χ3n) is 3.29. The Bertz CT molecular complexity index is 489. The molecule has 1 atom stereocenters. The lowest BCUT2D eigenvalue weighted by Crippen LogP contribution is -2.37. The average Bonchev–Trinajstić information content (AvgIpc) is 2.26. The molecule has 0 amide bonds. The lowest BCUT2D eigenvalue weighted by atomic mass is 9.96. The van der Waals surface area contributed by atoms with E-state index < -0.39 is 20.7 Å². The van der Waals surface area contributed by atoms with Gasteiger partial charge in [-0.3, -0.25) is 0 Å². The number of sulfone groups is 1. The molecule has 17 heavy (non-hydrogen) atoms. The van der Waals surface area contributed by atoms with Crippen molar-refractivity contribution in [3.63, 3.8) is 0 Å². The highest BCUT2D eigenvalue weighted by Crippen LogP contribution is 2.32. The van der Waals surface area contributed by atoms with Gasteiger partial charge in [-0.2, -0.15) is 0 Å². The van der Waals surface area contributed by atoms with Gasteiger partial charge in [0.1, 0.15) is 0 Å². The smallest absolute Gasteiger partial charge is 0.155 e. The molecule has 3 nitrogen and oxygen atoms in total. The number of hydrogen-bond acceptors (Lipinski definition) is 3. The molecule has 0 fully saturated rings. The first kappa shape index (κ1) is 14.2. The lowest BCUT2D eigenvalue weighted by molar-refractivity contribution is 0.139. The molecule has 0 aliphatic rings. The summed E-state index contributed by atoms with van der Waals surface area (Å²) in [4.78, 5) is 0. The maximum Gasteiger partial charge on any atom is 0.155 e. The van der Waals surface area contributed by atoms with Crippen molar-refractivity contribution < 1.29 is 13.5 Å². The SMILES string of the molecule is CCc1cccc(C(O)C(C)(C)S(C)(=O)=O)c1. The van der Waals surface area contributed by atoms with E-state index in [0.717, 1.165) is 18.2 Å². The van der Waals surface area contributed by atoms with Crippen LogP contribution in [0, 0.1) is 0 Å². The second-order valence-corrected chi connectivity index (χ2v) is 7.47. The van der Waals surface area contributed by atoms with Gasteiger partial charge in [0.25, 0.3) is 0 Å². The molecule has 1 rings (SSSR count). The molecular weight excluding hydrogens is 236 g/mol. The number of rotatable bonds is 4. The molecule has 1 unspecified atom stereocenters. The summed E-state index contributed by atoms with van der Waals surface area (Å²) >= 11 is 0. The average molecular weight is 256 g/mol. The lowest BCUT2D eigenvalue weighted by Gasteiger charge is -2.29. The first-order valence-electron chi connectivity index (χ1n) is 5.66. The van der Waals surface area contributed by atoms with Crippen molar-refractivity contribution in [3.8, 4) is 0 Å². The van der Waals surface area contributed by atoms with E-state index in [-0.39, 0.29) is 0 Å². The van der Waals surface area contributed by atoms with Gasteiger partial charge in [0, 0.05) is 6.26 Å². The van der Waals surface area contributed by atoms with E-state index in [0.29, 0.717) is 5.56 Å². The largest absolute Gasteiger partial charge is 0.387 e. The second kappa shape index (κ2) is 4.78. The Labute approximate surface area is 103 Å². The van der Waals surface area contributed by atoms with Crippen molar-refractivity contribution in [2.45, 2.75) is 38.0 Å². The number of aryl methyl sites for hydroxylation is 1. The van der Waals surface area contributed by atoms with E-state index in [1.54, 1.807) is 19.9 Å². The maximum atomic E-state index is 11.7. The first-order valence-corrected chi connectivity index (χ1v) is 7.55. The Morgan fingerprint density at radius 2 is 1.94 bits per heavy atom. The Kier molecular flexibility index (Phi) is 3.99. The minimum Gasteiger partial charge on any atom is -0.387 e. The molecule has 0 aromatic heterocycles. The standard InChI is InChI=1S/C13H20O3S/c1-5-10-7-6-8-11(9-10)12(14)13(2,3)17(4,15)16/h6-9,12,14H,5H2,1-4H3. The quantitative estimate of drug-likeness (QED) is 0.897. The highest BCUT2D eigenvalue weighted by atomic mass is 32.2. The topological polar surface area (TPSA) is 54.4 Å². The zero-order valence-corrected chi connectivity index (χ0v) is 11.6.